The zero-order valence-corrected chi connectivity index (χ0v) is 19.8. The third-order valence-electron chi connectivity index (χ3n) is 4.00. The summed E-state index contributed by atoms with van der Waals surface area (Å²) in [5.41, 5.74) is 1.31. The molecule has 0 aliphatic heterocycles. The van der Waals surface area contributed by atoms with Crippen LogP contribution in [0.5, 0.6) is 6.01 Å². The van der Waals surface area contributed by atoms with Gasteiger partial charge in [0.25, 0.3) is 0 Å². The van der Waals surface area contributed by atoms with Crippen LogP contribution < -0.4 is 21.7 Å². The van der Waals surface area contributed by atoms with Crippen molar-refractivity contribution >= 4 is 44.8 Å². The van der Waals surface area contributed by atoms with Gasteiger partial charge in [-0.3, -0.25) is 10.3 Å². The second-order valence-electron chi connectivity index (χ2n) is 7.83. The van der Waals surface area contributed by atoms with E-state index in [0.717, 1.165) is 4.47 Å². The standard InChI is InChI=1S/C20H25BrN8O3/c1-20(2,3)32-19(30)26-16-7-5-6-13(24-16)11-31-18-25-14-9-8-12(21)10-15(14)29(18)17(27-22)28(4)23/h5-10H,11,22-23H2,1-4H3,(H,24,26,30)/b27-17+. The van der Waals surface area contributed by atoms with Gasteiger partial charge in [-0.05, 0) is 51.1 Å². The molecule has 0 saturated carbocycles. The highest BCUT2D eigenvalue weighted by atomic mass is 79.9. The Morgan fingerprint density at radius 2 is 2.03 bits per heavy atom. The first-order chi connectivity index (χ1) is 15.1. The van der Waals surface area contributed by atoms with E-state index in [1.165, 1.54) is 5.01 Å². The number of benzene rings is 1. The van der Waals surface area contributed by atoms with Crippen LogP contribution in [0, 0.1) is 0 Å². The number of anilines is 1. The van der Waals surface area contributed by atoms with E-state index in [1.807, 2.05) is 18.2 Å². The Morgan fingerprint density at radius 3 is 2.69 bits per heavy atom. The second kappa shape index (κ2) is 9.40. The number of fused-ring (bicyclic) bond motifs is 1. The Morgan fingerprint density at radius 1 is 1.28 bits per heavy atom. The molecule has 12 heteroatoms. The topological polar surface area (TPSA) is 146 Å². The fourth-order valence-electron chi connectivity index (χ4n) is 2.80. The molecule has 0 saturated heterocycles. The van der Waals surface area contributed by atoms with Gasteiger partial charge in [0, 0.05) is 11.5 Å². The molecule has 2 aromatic heterocycles. The first-order valence-electron chi connectivity index (χ1n) is 9.61. The van der Waals surface area contributed by atoms with Crippen molar-refractivity contribution in [3.8, 4) is 6.01 Å². The minimum absolute atomic E-state index is 0.0699. The van der Waals surface area contributed by atoms with Gasteiger partial charge in [0.15, 0.2) is 0 Å². The molecule has 0 spiro atoms. The maximum absolute atomic E-state index is 12.0. The number of hydrogen-bond donors (Lipinski definition) is 3. The summed E-state index contributed by atoms with van der Waals surface area (Å²) in [6.45, 7) is 5.42. The molecule has 0 aliphatic carbocycles. The van der Waals surface area contributed by atoms with Crippen LogP contribution in [0.3, 0.4) is 0 Å². The van der Waals surface area contributed by atoms with Crippen molar-refractivity contribution in [2.45, 2.75) is 33.0 Å². The van der Waals surface area contributed by atoms with Crippen molar-refractivity contribution in [2.24, 2.45) is 16.8 Å². The van der Waals surface area contributed by atoms with Gasteiger partial charge in [-0.15, -0.1) is 5.10 Å². The fraction of sp³-hybridized carbons (Fsp3) is 0.300. The van der Waals surface area contributed by atoms with Crippen molar-refractivity contribution in [3.05, 3.63) is 46.6 Å². The number of amides is 1. The van der Waals surface area contributed by atoms with Crippen molar-refractivity contribution in [2.75, 3.05) is 12.4 Å². The Labute approximate surface area is 193 Å². The lowest BCUT2D eigenvalue weighted by molar-refractivity contribution is 0.0635. The molecule has 3 aromatic rings. The summed E-state index contributed by atoms with van der Waals surface area (Å²) >= 11 is 3.45. The van der Waals surface area contributed by atoms with Gasteiger partial charge in [0.05, 0.1) is 16.7 Å². The molecule has 170 valence electrons. The van der Waals surface area contributed by atoms with Crippen molar-refractivity contribution in [1.82, 2.24) is 19.5 Å². The monoisotopic (exact) mass is 504 g/mol. The van der Waals surface area contributed by atoms with Crippen LogP contribution in [0.25, 0.3) is 11.0 Å². The first-order valence-corrected chi connectivity index (χ1v) is 10.4. The SMILES string of the molecule is CN(N)/C(=N\N)n1c(OCc2cccc(NC(=O)OC(C)(C)C)n2)nc2ccc(Br)cc21. The number of nitrogens with one attached hydrogen (secondary N) is 1. The number of carbonyl (C=O) groups is 1. The lowest BCUT2D eigenvalue weighted by Gasteiger charge is -2.19. The van der Waals surface area contributed by atoms with Gasteiger partial charge >= 0.3 is 12.1 Å². The van der Waals surface area contributed by atoms with Crippen molar-refractivity contribution in [3.63, 3.8) is 0 Å². The van der Waals surface area contributed by atoms with Gasteiger partial charge in [0.2, 0.25) is 5.96 Å². The Kier molecular flexibility index (Phi) is 6.84. The predicted octanol–water partition coefficient (Wildman–Crippen LogP) is 3.00. The number of aromatic nitrogens is 3. The number of hydrogen-bond acceptors (Lipinski definition) is 8. The van der Waals surface area contributed by atoms with E-state index in [0.29, 0.717) is 22.5 Å². The number of halogens is 1. The zero-order valence-electron chi connectivity index (χ0n) is 18.2. The first kappa shape index (κ1) is 23.3. The Bertz CT molecular complexity index is 1150. The molecule has 11 nitrogen and oxygen atoms in total. The number of nitrogens with two attached hydrogens (primary N) is 2. The highest BCUT2D eigenvalue weighted by molar-refractivity contribution is 9.10. The molecule has 2 heterocycles. The molecule has 0 atom stereocenters. The summed E-state index contributed by atoms with van der Waals surface area (Å²) in [6, 6.07) is 10.9. The van der Waals surface area contributed by atoms with E-state index in [-0.39, 0.29) is 18.6 Å². The number of nitrogens with zero attached hydrogens (tertiary/aromatic N) is 5. The molecule has 32 heavy (non-hydrogen) atoms. The number of carbonyl (C=O) groups excluding carboxylic acids is 1. The molecule has 3 rings (SSSR count). The number of pyridine rings is 1. The van der Waals surface area contributed by atoms with Crippen LogP contribution in [-0.2, 0) is 11.3 Å². The van der Waals surface area contributed by atoms with E-state index in [1.54, 1.807) is 50.6 Å². The largest absolute Gasteiger partial charge is 0.458 e. The third kappa shape index (κ3) is 5.65. The van der Waals surface area contributed by atoms with Gasteiger partial charge in [-0.25, -0.2) is 20.2 Å². The summed E-state index contributed by atoms with van der Waals surface area (Å²) in [6.07, 6.45) is -0.592. The predicted molar refractivity (Wildman–Crippen MR) is 125 cm³/mol. The van der Waals surface area contributed by atoms with E-state index < -0.39 is 11.7 Å². The van der Waals surface area contributed by atoms with Gasteiger partial charge in [-0.1, -0.05) is 22.0 Å². The summed E-state index contributed by atoms with van der Waals surface area (Å²) in [5, 5.41) is 7.64. The highest BCUT2D eigenvalue weighted by Gasteiger charge is 2.20. The van der Waals surface area contributed by atoms with Crippen LogP contribution in [0.15, 0.2) is 46.0 Å². The molecule has 0 unspecified atom stereocenters. The summed E-state index contributed by atoms with van der Waals surface area (Å²) in [5.74, 6) is 12.0. The molecule has 1 aromatic carbocycles. The highest BCUT2D eigenvalue weighted by Crippen LogP contribution is 2.25. The van der Waals surface area contributed by atoms with Crippen molar-refractivity contribution < 1.29 is 14.3 Å². The van der Waals surface area contributed by atoms with Crippen LogP contribution in [-0.4, -0.2) is 44.2 Å². The zero-order chi connectivity index (χ0) is 23.5. The molecule has 0 aliphatic rings. The quantitative estimate of drug-likeness (QED) is 0.212. The molecule has 5 N–H and O–H groups in total. The van der Waals surface area contributed by atoms with E-state index >= 15 is 0 Å². The van der Waals surface area contributed by atoms with Crippen LogP contribution >= 0.6 is 15.9 Å². The maximum Gasteiger partial charge on any atom is 0.413 e. The molecule has 1 amide bonds. The average Bonchev–Trinajstić information content (AvgIpc) is 3.03. The van der Waals surface area contributed by atoms with Gasteiger partial charge < -0.3 is 15.3 Å². The van der Waals surface area contributed by atoms with Crippen molar-refractivity contribution in [1.29, 1.82) is 0 Å². The van der Waals surface area contributed by atoms with Crippen LogP contribution in [0.4, 0.5) is 10.6 Å². The molecule has 0 bridgehead atoms. The third-order valence-corrected chi connectivity index (χ3v) is 4.49. The van der Waals surface area contributed by atoms with Gasteiger partial charge in [0.1, 0.15) is 18.0 Å². The second-order valence-corrected chi connectivity index (χ2v) is 8.75. The molecular formula is C20H25BrN8O3. The minimum atomic E-state index is -0.614. The van der Waals surface area contributed by atoms with Crippen LogP contribution in [0.1, 0.15) is 26.5 Å². The summed E-state index contributed by atoms with van der Waals surface area (Å²) in [7, 11) is 1.60. The number of imidazole rings is 1. The lowest BCUT2D eigenvalue weighted by atomic mass is 10.2. The fourth-order valence-corrected chi connectivity index (χ4v) is 3.15. The Balaban J connectivity index is 1.84. The smallest absolute Gasteiger partial charge is 0.413 e. The molecule has 0 fully saturated rings. The van der Waals surface area contributed by atoms with Crippen LogP contribution in [0.2, 0.25) is 0 Å². The van der Waals surface area contributed by atoms with E-state index in [2.05, 4.69) is 36.3 Å². The average molecular weight is 505 g/mol. The normalized spacial score (nSPS) is 12.0. The number of rotatable bonds is 4. The number of hydrazine groups is 1. The van der Waals surface area contributed by atoms with E-state index in [4.69, 9.17) is 21.2 Å². The van der Waals surface area contributed by atoms with E-state index in [9.17, 15) is 4.79 Å². The van der Waals surface area contributed by atoms with Gasteiger partial charge in [-0.2, -0.15) is 4.98 Å². The summed E-state index contributed by atoms with van der Waals surface area (Å²) in [4.78, 5) is 20.9. The molecular weight excluding hydrogens is 480 g/mol. The lowest BCUT2D eigenvalue weighted by Crippen LogP contribution is -2.39. The summed E-state index contributed by atoms with van der Waals surface area (Å²) < 4.78 is 13.6. The number of hydrazone groups is 1. The minimum Gasteiger partial charge on any atom is -0.458 e. The Hall–Kier alpha value is -3.38. The maximum atomic E-state index is 12.0. The molecule has 0 radical (unpaired) electrons. The number of ether oxygens (including phenoxy) is 2.